The molecule has 0 aliphatic rings. The number of carbonyl (C=O) groups is 1. The van der Waals surface area contributed by atoms with Gasteiger partial charge in [-0.2, -0.15) is 9.61 Å². The van der Waals surface area contributed by atoms with Gasteiger partial charge in [-0.15, -0.1) is 10.2 Å². The zero-order chi connectivity index (χ0) is 23.5. The summed E-state index contributed by atoms with van der Waals surface area (Å²) in [5, 5.41) is 19.7. The number of ether oxygens (including phenoxy) is 2. The van der Waals surface area contributed by atoms with E-state index in [9.17, 15) is 4.79 Å². The molecule has 0 saturated carbocycles. The highest BCUT2D eigenvalue weighted by Gasteiger charge is 2.14. The number of benzene rings is 2. The SMILES string of the molecule is CCc1nnc2sc(-c3ccc(NC(=S)NC(=O)c4cc(OC)cc(OC)c4)c(C)c3)nn12. The minimum atomic E-state index is -0.370. The molecule has 0 saturated heterocycles. The summed E-state index contributed by atoms with van der Waals surface area (Å²) >= 11 is 6.83. The van der Waals surface area contributed by atoms with E-state index in [1.165, 1.54) is 25.6 Å². The first-order valence-corrected chi connectivity index (χ1v) is 11.3. The summed E-state index contributed by atoms with van der Waals surface area (Å²) in [7, 11) is 3.05. The second-order valence-corrected chi connectivity index (χ2v) is 8.47. The molecule has 170 valence electrons. The lowest BCUT2D eigenvalue weighted by Gasteiger charge is -2.13. The normalized spacial score (nSPS) is 10.8. The number of aromatic nitrogens is 4. The summed E-state index contributed by atoms with van der Waals surface area (Å²) in [5.41, 5.74) is 3.07. The zero-order valence-corrected chi connectivity index (χ0v) is 20.1. The largest absolute Gasteiger partial charge is 0.497 e. The van der Waals surface area contributed by atoms with Crippen molar-refractivity contribution in [2.75, 3.05) is 19.5 Å². The van der Waals surface area contributed by atoms with E-state index in [2.05, 4.69) is 25.9 Å². The minimum absolute atomic E-state index is 0.184. The number of amides is 1. The summed E-state index contributed by atoms with van der Waals surface area (Å²) in [6.45, 7) is 3.98. The maximum Gasteiger partial charge on any atom is 0.257 e. The Hall–Kier alpha value is -3.57. The van der Waals surface area contributed by atoms with E-state index in [0.717, 1.165) is 39.0 Å². The van der Waals surface area contributed by atoms with E-state index in [1.807, 2.05) is 32.0 Å². The number of nitrogens with zero attached hydrogens (tertiary/aromatic N) is 4. The lowest BCUT2D eigenvalue weighted by molar-refractivity contribution is 0.0977. The third kappa shape index (κ3) is 4.78. The third-order valence-corrected chi connectivity index (χ3v) is 6.09. The number of rotatable bonds is 6. The van der Waals surface area contributed by atoms with Crippen LogP contribution >= 0.6 is 23.6 Å². The van der Waals surface area contributed by atoms with E-state index in [1.54, 1.807) is 22.7 Å². The monoisotopic (exact) mass is 482 g/mol. The average molecular weight is 483 g/mol. The van der Waals surface area contributed by atoms with Crippen molar-refractivity contribution in [2.24, 2.45) is 0 Å². The first-order chi connectivity index (χ1) is 15.9. The number of aryl methyl sites for hydroxylation is 2. The van der Waals surface area contributed by atoms with Crippen molar-refractivity contribution in [3.05, 3.63) is 53.3 Å². The molecule has 0 spiro atoms. The Labute approximate surface area is 199 Å². The van der Waals surface area contributed by atoms with Crippen LogP contribution in [0.2, 0.25) is 0 Å². The zero-order valence-electron chi connectivity index (χ0n) is 18.5. The van der Waals surface area contributed by atoms with Crippen molar-refractivity contribution in [1.82, 2.24) is 25.1 Å². The predicted octanol–water partition coefficient (Wildman–Crippen LogP) is 3.87. The standard InChI is InChI=1S/C22H22N6O3S2/c1-5-18-25-26-22-28(18)27-20(33-22)13-6-7-17(12(2)8-13)23-21(32)24-19(29)14-9-15(30-3)11-16(10-14)31-4/h6-11H,5H2,1-4H3,(H2,23,24,29,32). The van der Waals surface area contributed by atoms with E-state index in [0.29, 0.717) is 17.1 Å². The maximum atomic E-state index is 12.6. The number of nitrogens with one attached hydrogen (secondary N) is 2. The molecule has 9 nitrogen and oxygen atoms in total. The fraction of sp³-hybridized carbons (Fsp3) is 0.227. The molecule has 0 radical (unpaired) electrons. The fourth-order valence-corrected chi connectivity index (χ4v) is 4.26. The molecule has 0 aliphatic carbocycles. The summed E-state index contributed by atoms with van der Waals surface area (Å²) < 4.78 is 12.2. The Morgan fingerprint density at radius 2 is 1.85 bits per heavy atom. The molecule has 0 atom stereocenters. The number of hydrogen-bond acceptors (Lipinski definition) is 8. The molecular formula is C22H22N6O3S2. The maximum absolute atomic E-state index is 12.6. The van der Waals surface area contributed by atoms with E-state index < -0.39 is 0 Å². The topological polar surface area (TPSA) is 103 Å². The number of hydrogen-bond donors (Lipinski definition) is 2. The van der Waals surface area contributed by atoms with Crippen molar-refractivity contribution in [3.8, 4) is 22.1 Å². The van der Waals surface area contributed by atoms with Gasteiger partial charge in [-0.1, -0.05) is 18.3 Å². The number of methoxy groups -OCH3 is 2. The van der Waals surface area contributed by atoms with Crippen LogP contribution in [0.25, 0.3) is 15.5 Å². The Kier molecular flexibility index (Phi) is 6.52. The van der Waals surface area contributed by atoms with Gasteiger partial charge >= 0.3 is 0 Å². The second-order valence-electron chi connectivity index (χ2n) is 7.11. The Morgan fingerprint density at radius 1 is 1.12 bits per heavy atom. The number of anilines is 1. The van der Waals surface area contributed by atoms with E-state index in [-0.39, 0.29) is 11.0 Å². The third-order valence-electron chi connectivity index (χ3n) is 4.93. The van der Waals surface area contributed by atoms with Gasteiger partial charge in [-0.05, 0) is 55.0 Å². The van der Waals surface area contributed by atoms with Crippen LogP contribution in [0, 0.1) is 6.92 Å². The molecule has 4 aromatic rings. The van der Waals surface area contributed by atoms with Crippen molar-refractivity contribution in [3.63, 3.8) is 0 Å². The molecule has 2 heterocycles. The van der Waals surface area contributed by atoms with Gasteiger partial charge in [0.2, 0.25) is 4.96 Å². The summed E-state index contributed by atoms with van der Waals surface area (Å²) in [4.78, 5) is 13.4. The minimum Gasteiger partial charge on any atom is -0.497 e. The van der Waals surface area contributed by atoms with Gasteiger partial charge in [0.25, 0.3) is 5.91 Å². The van der Waals surface area contributed by atoms with Crippen LogP contribution in [-0.2, 0) is 6.42 Å². The van der Waals surface area contributed by atoms with Crippen LogP contribution < -0.4 is 20.1 Å². The second kappa shape index (κ2) is 9.51. The first kappa shape index (κ1) is 22.6. The molecule has 11 heteroatoms. The van der Waals surface area contributed by atoms with Gasteiger partial charge < -0.3 is 14.8 Å². The van der Waals surface area contributed by atoms with Gasteiger partial charge in [0, 0.05) is 29.3 Å². The molecule has 0 bridgehead atoms. The smallest absolute Gasteiger partial charge is 0.257 e. The lowest BCUT2D eigenvalue weighted by Crippen LogP contribution is -2.34. The molecule has 1 amide bonds. The van der Waals surface area contributed by atoms with Crippen molar-refractivity contribution in [1.29, 1.82) is 0 Å². The average Bonchev–Trinajstić information content (AvgIpc) is 3.40. The van der Waals surface area contributed by atoms with Crippen LogP contribution in [0.5, 0.6) is 11.5 Å². The number of carbonyl (C=O) groups excluding carboxylic acids is 1. The Bertz CT molecular complexity index is 1330. The number of thiocarbonyl (C=S) groups is 1. The molecule has 33 heavy (non-hydrogen) atoms. The van der Waals surface area contributed by atoms with Gasteiger partial charge in [-0.3, -0.25) is 10.1 Å². The molecule has 0 aliphatic heterocycles. The molecular weight excluding hydrogens is 460 g/mol. The summed E-state index contributed by atoms with van der Waals surface area (Å²) in [6, 6.07) is 10.8. The van der Waals surface area contributed by atoms with Crippen molar-refractivity contribution in [2.45, 2.75) is 20.3 Å². The van der Waals surface area contributed by atoms with Crippen LogP contribution in [0.1, 0.15) is 28.7 Å². The highest BCUT2D eigenvalue weighted by atomic mass is 32.1. The molecule has 2 N–H and O–H groups in total. The first-order valence-electron chi connectivity index (χ1n) is 10.1. The molecule has 4 rings (SSSR count). The molecule has 2 aromatic heterocycles. The predicted molar refractivity (Wildman–Crippen MR) is 131 cm³/mol. The number of fused-ring (bicyclic) bond motifs is 1. The van der Waals surface area contributed by atoms with E-state index >= 15 is 0 Å². The molecule has 0 unspecified atom stereocenters. The summed E-state index contributed by atoms with van der Waals surface area (Å²) in [6.07, 6.45) is 0.762. The highest BCUT2D eigenvalue weighted by molar-refractivity contribution is 7.80. The van der Waals surface area contributed by atoms with E-state index in [4.69, 9.17) is 21.7 Å². The van der Waals surface area contributed by atoms with Gasteiger partial charge in [-0.25, -0.2) is 0 Å². The van der Waals surface area contributed by atoms with Gasteiger partial charge in [0.15, 0.2) is 10.9 Å². The van der Waals surface area contributed by atoms with Crippen LogP contribution in [-0.4, -0.2) is 45.1 Å². The highest BCUT2D eigenvalue weighted by Crippen LogP contribution is 2.29. The van der Waals surface area contributed by atoms with Crippen LogP contribution in [0.3, 0.4) is 0 Å². The van der Waals surface area contributed by atoms with Gasteiger partial charge in [0.05, 0.1) is 14.2 Å². The fourth-order valence-electron chi connectivity index (χ4n) is 3.20. The van der Waals surface area contributed by atoms with Crippen molar-refractivity contribution < 1.29 is 14.3 Å². The Balaban J connectivity index is 1.47. The Morgan fingerprint density at radius 3 is 2.48 bits per heavy atom. The molecule has 2 aromatic carbocycles. The van der Waals surface area contributed by atoms with Gasteiger partial charge in [0.1, 0.15) is 16.5 Å². The van der Waals surface area contributed by atoms with Crippen LogP contribution in [0.4, 0.5) is 5.69 Å². The van der Waals surface area contributed by atoms with Crippen molar-refractivity contribution >= 4 is 45.2 Å². The quantitative estimate of drug-likeness (QED) is 0.399. The summed E-state index contributed by atoms with van der Waals surface area (Å²) in [5.74, 6) is 1.49. The molecule has 0 fully saturated rings. The lowest BCUT2D eigenvalue weighted by atomic mass is 10.1. The van der Waals surface area contributed by atoms with Crippen LogP contribution in [0.15, 0.2) is 36.4 Å².